The molecule has 4 aliphatic heterocycles. The number of benzene rings is 12. The molecule has 12 aromatic carbocycles. The minimum Gasteiger partial charge on any atom is -0.309 e. The first kappa shape index (κ1) is 51.1. The van der Waals surface area contributed by atoms with Crippen LogP contribution in [0.2, 0.25) is 0 Å². The molecule has 0 radical (unpaired) electrons. The van der Waals surface area contributed by atoms with Crippen LogP contribution < -0.4 is 9.80 Å². The van der Waals surface area contributed by atoms with Gasteiger partial charge in [-0.3, -0.25) is 0 Å². The lowest BCUT2D eigenvalue weighted by molar-refractivity contribution is 0.597. The van der Waals surface area contributed by atoms with E-state index in [1.165, 1.54) is 156 Å². The minimum absolute atomic E-state index is 0.234. The molecule has 88 heavy (non-hydrogen) atoms. The van der Waals surface area contributed by atoms with E-state index in [9.17, 15) is 0 Å². The van der Waals surface area contributed by atoms with Gasteiger partial charge in [-0.15, -0.1) is 0 Å². The third-order valence-electron chi connectivity index (χ3n) is 21.2. The van der Waals surface area contributed by atoms with Crippen LogP contribution >= 0.6 is 0 Å². The van der Waals surface area contributed by atoms with Crippen molar-refractivity contribution in [3.05, 3.63) is 299 Å². The molecule has 0 aliphatic carbocycles. The molecule has 6 heterocycles. The lowest BCUT2D eigenvalue weighted by Crippen LogP contribution is -2.38. The number of hydrogen-bond donors (Lipinski definition) is 0. The Morgan fingerprint density at radius 3 is 0.727 bits per heavy atom. The average molecular weight is 1130 g/mol. The standard InChI is InChI=1S/C84H66N4/c1-81(2)63-27-15-19-31-75(63)87-76-32-20-16-28-64(76)82(3,4)68-48-55(47-67(81)79(68)87)53-37-41-73-61(45-53)59-43-51(35-39-71(59)85(73)57-23-11-9-12-24-57)52-36-40-72-60(44-52)62-46-54(38-42-74(62)86(72)58-25-13-10-14-26-58)56-49-69-80-70(50-56)84(7,8)66-30-18-22-34-78(66)88(80)77-33-21-17-29-65(77)83(69,5)6/h9-50H,1-8H3. The normalized spacial score (nSPS) is 15.8. The third kappa shape index (κ3) is 6.81. The Kier molecular flexibility index (Phi) is 10.3. The fourth-order valence-electron chi connectivity index (χ4n) is 16.6. The zero-order chi connectivity index (χ0) is 59.3. The van der Waals surface area contributed by atoms with Crippen LogP contribution in [-0.4, -0.2) is 9.13 Å². The van der Waals surface area contributed by atoms with Gasteiger partial charge < -0.3 is 18.9 Å². The predicted octanol–water partition coefficient (Wildman–Crippen LogP) is 22.4. The lowest BCUT2D eigenvalue weighted by Gasteiger charge is -2.49. The molecule has 4 nitrogen and oxygen atoms in total. The van der Waals surface area contributed by atoms with Crippen LogP contribution in [-0.2, 0) is 21.7 Å². The molecule has 0 amide bonds. The first-order valence-corrected chi connectivity index (χ1v) is 31.3. The second-order valence-electron chi connectivity index (χ2n) is 27.3. The van der Waals surface area contributed by atoms with Gasteiger partial charge >= 0.3 is 0 Å². The smallest absolute Gasteiger partial charge is 0.0544 e. The predicted molar refractivity (Wildman–Crippen MR) is 369 cm³/mol. The largest absolute Gasteiger partial charge is 0.309 e. The van der Waals surface area contributed by atoms with Crippen molar-refractivity contribution < 1.29 is 0 Å². The highest BCUT2D eigenvalue weighted by atomic mass is 15.2. The number of nitrogens with zero attached hydrogens (tertiary/aromatic N) is 4. The Hall–Kier alpha value is -10.2. The summed E-state index contributed by atoms with van der Waals surface area (Å²) in [6, 6.07) is 96.7. The molecule has 4 aliphatic rings. The molecule has 0 saturated carbocycles. The monoisotopic (exact) mass is 1130 g/mol. The molecule has 422 valence electrons. The topological polar surface area (TPSA) is 16.3 Å². The van der Waals surface area contributed by atoms with E-state index in [2.05, 4.69) is 329 Å². The van der Waals surface area contributed by atoms with Crippen molar-refractivity contribution >= 4 is 77.7 Å². The van der Waals surface area contributed by atoms with Crippen LogP contribution in [0.5, 0.6) is 0 Å². The van der Waals surface area contributed by atoms with Gasteiger partial charge in [-0.2, -0.15) is 0 Å². The highest BCUT2D eigenvalue weighted by Crippen LogP contribution is 2.63. The van der Waals surface area contributed by atoms with Gasteiger partial charge in [-0.05, 0) is 199 Å². The molecule has 0 atom stereocenters. The van der Waals surface area contributed by atoms with Crippen molar-refractivity contribution in [1.29, 1.82) is 0 Å². The van der Waals surface area contributed by atoms with Crippen molar-refractivity contribution in [2.24, 2.45) is 0 Å². The molecule has 0 spiro atoms. The van der Waals surface area contributed by atoms with E-state index in [0.717, 1.165) is 11.4 Å². The summed E-state index contributed by atoms with van der Waals surface area (Å²) in [4.78, 5) is 5.11. The summed E-state index contributed by atoms with van der Waals surface area (Å²) in [5, 5.41) is 4.93. The summed E-state index contributed by atoms with van der Waals surface area (Å²) in [5.41, 5.74) is 32.0. The number of fused-ring (bicyclic) bond motifs is 14. The van der Waals surface area contributed by atoms with Crippen LogP contribution in [0, 0.1) is 0 Å². The minimum atomic E-state index is -0.234. The van der Waals surface area contributed by atoms with Gasteiger partial charge in [0.2, 0.25) is 0 Å². The van der Waals surface area contributed by atoms with Crippen LogP contribution in [0.25, 0.3) is 88.4 Å². The summed E-state index contributed by atoms with van der Waals surface area (Å²) >= 11 is 0. The summed E-state index contributed by atoms with van der Waals surface area (Å²) in [6.45, 7) is 19.3. The molecule has 0 N–H and O–H groups in total. The Morgan fingerprint density at radius 2 is 0.455 bits per heavy atom. The van der Waals surface area contributed by atoms with Gasteiger partial charge in [-0.25, -0.2) is 0 Å². The summed E-state index contributed by atoms with van der Waals surface area (Å²) in [7, 11) is 0. The molecule has 0 fully saturated rings. The zero-order valence-corrected chi connectivity index (χ0v) is 51.0. The number of para-hydroxylation sites is 6. The van der Waals surface area contributed by atoms with Crippen molar-refractivity contribution in [1.82, 2.24) is 9.13 Å². The summed E-state index contributed by atoms with van der Waals surface area (Å²) < 4.78 is 4.91. The molecule has 0 bridgehead atoms. The van der Waals surface area contributed by atoms with Gasteiger partial charge in [0.25, 0.3) is 0 Å². The van der Waals surface area contributed by atoms with Crippen molar-refractivity contribution in [2.45, 2.75) is 77.0 Å². The molecule has 18 rings (SSSR count). The van der Waals surface area contributed by atoms with E-state index < -0.39 is 0 Å². The Bertz CT molecular complexity index is 4840. The molecule has 0 unspecified atom stereocenters. The van der Waals surface area contributed by atoms with Gasteiger partial charge in [0.1, 0.15) is 0 Å². The van der Waals surface area contributed by atoms with Gasteiger partial charge in [-0.1, -0.05) is 189 Å². The molecule has 2 aromatic heterocycles. The third-order valence-corrected chi connectivity index (χ3v) is 21.2. The molecular weight excluding hydrogens is 1060 g/mol. The van der Waals surface area contributed by atoms with Gasteiger partial charge in [0, 0.05) is 54.6 Å². The van der Waals surface area contributed by atoms with Gasteiger partial charge in [0.05, 0.1) is 56.2 Å². The average Bonchev–Trinajstić information content (AvgIpc) is 0.949. The Morgan fingerprint density at radius 1 is 0.216 bits per heavy atom. The molecular formula is C84H66N4. The fourth-order valence-corrected chi connectivity index (χ4v) is 16.6. The maximum Gasteiger partial charge on any atom is 0.0544 e. The maximum absolute atomic E-state index is 2.56. The van der Waals surface area contributed by atoms with E-state index in [0.29, 0.717) is 0 Å². The molecule has 14 aromatic rings. The van der Waals surface area contributed by atoms with Crippen LogP contribution in [0.15, 0.2) is 255 Å². The zero-order valence-electron chi connectivity index (χ0n) is 51.0. The highest BCUT2D eigenvalue weighted by molar-refractivity contribution is 6.14. The SMILES string of the molecule is CC1(C)c2ccccc2N2c3ccccc3C(C)(C)c3cc(-c4ccc5c(c4)c4cc(-c6ccc7c(c6)c6cc(-c8cc9c%10c(c8)C(C)(C)c8ccccc8N%10c8ccccc8C9(C)C)ccc6n7-c6ccccc6)ccc4n5-c4ccccc4)cc1c32. The highest BCUT2D eigenvalue weighted by Gasteiger charge is 2.47. The van der Waals surface area contributed by atoms with E-state index in [1.54, 1.807) is 0 Å². The fraction of sp³-hybridized carbons (Fsp3) is 0.143. The first-order valence-electron chi connectivity index (χ1n) is 31.3. The number of aromatic nitrogens is 2. The maximum atomic E-state index is 2.56. The van der Waals surface area contributed by atoms with E-state index in [1.807, 2.05) is 0 Å². The summed E-state index contributed by atoms with van der Waals surface area (Å²) in [6.07, 6.45) is 0. The first-order chi connectivity index (χ1) is 42.7. The number of anilines is 6. The van der Waals surface area contributed by atoms with Crippen molar-refractivity contribution in [3.8, 4) is 44.8 Å². The van der Waals surface area contributed by atoms with Crippen molar-refractivity contribution in [3.63, 3.8) is 0 Å². The van der Waals surface area contributed by atoms with Crippen LogP contribution in [0.4, 0.5) is 34.1 Å². The summed E-state index contributed by atoms with van der Waals surface area (Å²) in [5.74, 6) is 0. The molecule has 0 saturated heterocycles. The van der Waals surface area contributed by atoms with E-state index in [4.69, 9.17) is 0 Å². The second kappa shape index (κ2) is 17.7. The lowest BCUT2D eigenvalue weighted by atomic mass is 9.65. The quantitative estimate of drug-likeness (QED) is 0.171. The van der Waals surface area contributed by atoms with Gasteiger partial charge in [0.15, 0.2) is 0 Å². The van der Waals surface area contributed by atoms with E-state index in [-0.39, 0.29) is 21.7 Å². The van der Waals surface area contributed by atoms with Crippen LogP contribution in [0.1, 0.15) is 99.9 Å². The molecule has 4 heteroatoms. The number of hydrogen-bond acceptors (Lipinski definition) is 2. The Balaban J connectivity index is 0.822. The second-order valence-corrected chi connectivity index (χ2v) is 27.3. The van der Waals surface area contributed by atoms with Crippen molar-refractivity contribution in [2.75, 3.05) is 9.80 Å². The van der Waals surface area contributed by atoms with Crippen LogP contribution in [0.3, 0.4) is 0 Å². The van der Waals surface area contributed by atoms with E-state index >= 15 is 0 Å². The number of rotatable bonds is 5. The Labute approximate surface area is 514 Å².